The van der Waals surface area contributed by atoms with Crippen LogP contribution in [0.5, 0.6) is 0 Å². The molecule has 7 heteroatoms. The summed E-state index contributed by atoms with van der Waals surface area (Å²) in [6.45, 7) is 0.416. The second-order valence-corrected chi connectivity index (χ2v) is 3.05. The van der Waals surface area contributed by atoms with Crippen molar-refractivity contribution < 1.29 is 9.53 Å². The zero-order valence-electron chi connectivity index (χ0n) is 9.28. The molecule has 0 fully saturated rings. The molecule has 0 aliphatic rings. The molecule has 1 aromatic rings. The number of nitrogens with two attached hydrogens (primary N) is 1. The largest absolute Gasteiger partial charge is 0.384 e. The molecule has 0 unspecified atom stereocenters. The second-order valence-electron chi connectivity index (χ2n) is 3.05. The molecule has 88 valence electrons. The van der Waals surface area contributed by atoms with Crippen LogP contribution in [0.4, 0.5) is 11.6 Å². The Morgan fingerprint density at radius 2 is 2.31 bits per heavy atom. The van der Waals surface area contributed by atoms with Gasteiger partial charge in [-0.05, 0) is 0 Å². The number of anilines is 2. The fourth-order valence-electron chi connectivity index (χ4n) is 1.06. The highest BCUT2D eigenvalue weighted by Gasteiger charge is 2.03. The van der Waals surface area contributed by atoms with E-state index >= 15 is 0 Å². The molecule has 0 saturated heterocycles. The minimum atomic E-state index is -0.134. The molecule has 0 aliphatic heterocycles. The number of ether oxygens (including phenoxy) is 1. The van der Waals surface area contributed by atoms with Gasteiger partial charge < -0.3 is 21.1 Å². The van der Waals surface area contributed by atoms with Crippen LogP contribution in [0.1, 0.15) is 5.82 Å². The molecule has 4 N–H and O–H groups in total. The topological polar surface area (TPSA) is 102 Å². The summed E-state index contributed by atoms with van der Waals surface area (Å²) in [5, 5.41) is 5.33. The van der Waals surface area contributed by atoms with Crippen molar-refractivity contribution in [3.63, 3.8) is 0 Å². The maximum absolute atomic E-state index is 11.0. The molecule has 1 heterocycles. The van der Waals surface area contributed by atoms with Crippen LogP contribution in [0.2, 0.25) is 0 Å². The molecule has 0 aromatic carbocycles. The first kappa shape index (κ1) is 12.2. The molecule has 0 aliphatic carbocycles. The highest BCUT2D eigenvalue weighted by molar-refractivity contribution is 5.80. The summed E-state index contributed by atoms with van der Waals surface area (Å²) in [5.74, 6) is 1.18. The number of likely N-dealkylation sites (N-methyl/N-ethyl adjacent to an activating group) is 1. The van der Waals surface area contributed by atoms with Crippen LogP contribution >= 0.6 is 0 Å². The van der Waals surface area contributed by atoms with Crippen molar-refractivity contribution in [3.8, 4) is 0 Å². The summed E-state index contributed by atoms with van der Waals surface area (Å²) in [6, 6.07) is 1.56. The average molecular weight is 225 g/mol. The van der Waals surface area contributed by atoms with Gasteiger partial charge in [0.05, 0.1) is 6.54 Å². The van der Waals surface area contributed by atoms with Crippen LogP contribution in [-0.2, 0) is 16.1 Å². The lowest BCUT2D eigenvalue weighted by Crippen LogP contribution is -2.26. The molecule has 1 aromatic heterocycles. The third-order valence-corrected chi connectivity index (χ3v) is 1.77. The molecular formula is C9H15N5O2. The van der Waals surface area contributed by atoms with Crippen molar-refractivity contribution in [3.05, 3.63) is 11.9 Å². The van der Waals surface area contributed by atoms with Gasteiger partial charge in [0.2, 0.25) is 5.91 Å². The van der Waals surface area contributed by atoms with Gasteiger partial charge in [-0.1, -0.05) is 0 Å². The number of nitrogens with one attached hydrogen (secondary N) is 2. The van der Waals surface area contributed by atoms with Crippen molar-refractivity contribution in [2.24, 2.45) is 0 Å². The van der Waals surface area contributed by atoms with Gasteiger partial charge in [0.1, 0.15) is 18.2 Å². The van der Waals surface area contributed by atoms with Crippen LogP contribution in [0.25, 0.3) is 0 Å². The van der Waals surface area contributed by atoms with E-state index < -0.39 is 0 Å². The van der Waals surface area contributed by atoms with Crippen LogP contribution in [-0.4, -0.2) is 36.6 Å². The molecular weight excluding hydrogens is 210 g/mol. The Hall–Kier alpha value is -1.89. The van der Waals surface area contributed by atoms with Gasteiger partial charge in [0.25, 0.3) is 0 Å². The maximum atomic E-state index is 11.0. The van der Waals surface area contributed by atoms with E-state index in [2.05, 4.69) is 20.6 Å². The van der Waals surface area contributed by atoms with Gasteiger partial charge >= 0.3 is 0 Å². The van der Waals surface area contributed by atoms with E-state index in [1.807, 2.05) is 0 Å². The Morgan fingerprint density at radius 1 is 1.56 bits per heavy atom. The van der Waals surface area contributed by atoms with Crippen LogP contribution in [0.15, 0.2) is 6.07 Å². The molecule has 7 nitrogen and oxygen atoms in total. The number of nitrogens with zero attached hydrogens (tertiary/aromatic N) is 2. The molecule has 0 spiro atoms. The Bertz CT molecular complexity index is 369. The smallest absolute Gasteiger partial charge is 0.239 e. The quantitative estimate of drug-likeness (QED) is 0.616. The highest BCUT2D eigenvalue weighted by Crippen LogP contribution is 2.08. The van der Waals surface area contributed by atoms with E-state index in [0.29, 0.717) is 17.5 Å². The fraction of sp³-hybridized carbons (Fsp3) is 0.444. The van der Waals surface area contributed by atoms with Gasteiger partial charge in [0.15, 0.2) is 5.82 Å². The summed E-state index contributed by atoms with van der Waals surface area (Å²) < 4.78 is 4.90. The molecule has 0 radical (unpaired) electrons. The van der Waals surface area contributed by atoms with E-state index in [0.717, 1.165) is 0 Å². The van der Waals surface area contributed by atoms with E-state index in [-0.39, 0.29) is 19.1 Å². The third-order valence-electron chi connectivity index (χ3n) is 1.77. The standard InChI is InChI=1S/C9H15N5O2/c1-11-9(15)4-12-7-3-6(10)13-8(14-7)5-16-2/h3H,4-5H2,1-2H3,(H,11,15)(H3,10,12,13,14). The van der Waals surface area contributed by atoms with Gasteiger partial charge in [-0.2, -0.15) is 0 Å². The number of hydrogen-bond donors (Lipinski definition) is 3. The molecule has 16 heavy (non-hydrogen) atoms. The Kier molecular flexibility index (Phi) is 4.46. The van der Waals surface area contributed by atoms with Crippen LogP contribution < -0.4 is 16.4 Å². The van der Waals surface area contributed by atoms with Crippen LogP contribution in [0.3, 0.4) is 0 Å². The zero-order chi connectivity index (χ0) is 12.0. The van der Waals surface area contributed by atoms with Crippen LogP contribution in [0, 0.1) is 0 Å². The Balaban J connectivity index is 2.68. The van der Waals surface area contributed by atoms with Gasteiger partial charge in [0, 0.05) is 20.2 Å². The first-order valence-corrected chi connectivity index (χ1v) is 4.72. The minimum Gasteiger partial charge on any atom is -0.384 e. The van der Waals surface area contributed by atoms with Crippen molar-refractivity contribution in [1.82, 2.24) is 15.3 Å². The number of aromatic nitrogens is 2. The first-order chi connectivity index (χ1) is 7.65. The first-order valence-electron chi connectivity index (χ1n) is 4.72. The number of hydrogen-bond acceptors (Lipinski definition) is 6. The monoisotopic (exact) mass is 225 g/mol. The molecule has 1 amide bonds. The average Bonchev–Trinajstić information content (AvgIpc) is 2.25. The summed E-state index contributed by atoms with van der Waals surface area (Å²) in [5.41, 5.74) is 5.58. The predicted molar refractivity (Wildman–Crippen MR) is 59.7 cm³/mol. The minimum absolute atomic E-state index is 0.134. The molecule has 1 rings (SSSR count). The number of amides is 1. The molecule has 0 bridgehead atoms. The summed E-state index contributed by atoms with van der Waals surface area (Å²) in [4.78, 5) is 19.1. The van der Waals surface area contributed by atoms with Gasteiger partial charge in [-0.25, -0.2) is 9.97 Å². The summed E-state index contributed by atoms with van der Waals surface area (Å²) in [7, 11) is 3.11. The highest BCUT2D eigenvalue weighted by atomic mass is 16.5. The Labute approximate surface area is 93.4 Å². The summed E-state index contributed by atoms with van der Waals surface area (Å²) in [6.07, 6.45) is 0. The lowest BCUT2D eigenvalue weighted by molar-refractivity contribution is -0.118. The van der Waals surface area contributed by atoms with Crippen molar-refractivity contribution in [2.45, 2.75) is 6.61 Å². The van der Waals surface area contributed by atoms with Gasteiger partial charge in [-0.3, -0.25) is 4.79 Å². The normalized spacial score (nSPS) is 9.88. The lowest BCUT2D eigenvalue weighted by atomic mass is 10.4. The fourth-order valence-corrected chi connectivity index (χ4v) is 1.06. The van der Waals surface area contributed by atoms with Crippen molar-refractivity contribution in [2.75, 3.05) is 31.8 Å². The zero-order valence-corrected chi connectivity index (χ0v) is 9.28. The van der Waals surface area contributed by atoms with Crippen molar-refractivity contribution in [1.29, 1.82) is 0 Å². The van der Waals surface area contributed by atoms with E-state index in [1.165, 1.54) is 0 Å². The number of nitrogen functional groups attached to an aromatic ring is 1. The number of rotatable bonds is 5. The SMILES string of the molecule is CNC(=O)CNc1cc(N)nc(COC)n1. The van der Waals surface area contributed by atoms with E-state index in [9.17, 15) is 4.79 Å². The predicted octanol–water partition coefficient (Wildman–Crippen LogP) is -0.637. The Morgan fingerprint density at radius 3 is 2.94 bits per heavy atom. The number of carbonyl (C=O) groups excluding carboxylic acids is 1. The number of methoxy groups -OCH3 is 1. The molecule has 0 atom stereocenters. The lowest BCUT2D eigenvalue weighted by Gasteiger charge is -2.07. The molecule has 0 saturated carbocycles. The van der Waals surface area contributed by atoms with E-state index in [1.54, 1.807) is 20.2 Å². The third kappa shape index (κ3) is 3.70. The second kappa shape index (κ2) is 5.86. The number of carbonyl (C=O) groups is 1. The summed E-state index contributed by atoms with van der Waals surface area (Å²) >= 11 is 0. The van der Waals surface area contributed by atoms with Gasteiger partial charge in [-0.15, -0.1) is 0 Å². The maximum Gasteiger partial charge on any atom is 0.239 e. The van der Waals surface area contributed by atoms with Crippen molar-refractivity contribution >= 4 is 17.5 Å². The van der Waals surface area contributed by atoms with E-state index in [4.69, 9.17) is 10.5 Å².